The first-order valence-electron chi connectivity index (χ1n) is 9.88. The fourth-order valence-electron chi connectivity index (χ4n) is 3.08. The van der Waals surface area contributed by atoms with Gasteiger partial charge in [-0.15, -0.1) is 0 Å². The number of methoxy groups -OCH3 is 1. The second kappa shape index (κ2) is 10.3. The highest BCUT2D eigenvalue weighted by Crippen LogP contribution is 2.27. The van der Waals surface area contributed by atoms with Gasteiger partial charge >= 0.3 is 0 Å². The number of carbonyl (C=O) groups is 2. The lowest BCUT2D eigenvalue weighted by atomic mass is 10.1. The number of aryl methyl sites for hydroxylation is 2. The van der Waals surface area contributed by atoms with Gasteiger partial charge in [0.15, 0.2) is 18.1 Å². The van der Waals surface area contributed by atoms with Gasteiger partial charge in [0.2, 0.25) is 0 Å². The molecule has 0 saturated heterocycles. The van der Waals surface area contributed by atoms with Crippen molar-refractivity contribution in [1.29, 1.82) is 0 Å². The molecule has 2 aromatic carbocycles. The average Bonchev–Trinajstić information content (AvgIpc) is 3.09. The van der Waals surface area contributed by atoms with Crippen molar-refractivity contribution in [3.8, 4) is 11.5 Å². The molecule has 3 N–H and O–H groups in total. The maximum absolute atomic E-state index is 12.5. The van der Waals surface area contributed by atoms with E-state index in [1.165, 1.54) is 13.3 Å². The second-order valence-electron chi connectivity index (χ2n) is 7.15. The smallest absolute Gasteiger partial charge is 0.271 e. The Hall–Kier alpha value is -4.14. The highest BCUT2D eigenvalue weighted by molar-refractivity contribution is 5.95. The molecule has 9 nitrogen and oxygen atoms in total. The largest absolute Gasteiger partial charge is 0.493 e. The summed E-state index contributed by atoms with van der Waals surface area (Å²) < 4.78 is 12.4. The molecule has 0 bridgehead atoms. The summed E-state index contributed by atoms with van der Waals surface area (Å²) in [5.41, 5.74) is 11.8. The van der Waals surface area contributed by atoms with Crippen molar-refractivity contribution < 1.29 is 19.1 Å². The summed E-state index contributed by atoms with van der Waals surface area (Å²) in [5, 5.41) is 8.47. The first-order chi connectivity index (χ1) is 15.4. The summed E-state index contributed by atoms with van der Waals surface area (Å²) in [6.07, 6.45) is 1.48. The molecule has 1 heterocycles. The van der Waals surface area contributed by atoms with E-state index in [9.17, 15) is 9.59 Å². The molecule has 0 aliphatic carbocycles. The Morgan fingerprint density at radius 1 is 1.16 bits per heavy atom. The van der Waals surface area contributed by atoms with Gasteiger partial charge in [0.05, 0.1) is 25.6 Å². The van der Waals surface area contributed by atoms with Crippen LogP contribution in [0.15, 0.2) is 53.6 Å². The van der Waals surface area contributed by atoms with E-state index >= 15 is 0 Å². The van der Waals surface area contributed by atoms with Crippen molar-refractivity contribution in [2.75, 3.05) is 13.7 Å². The molecule has 3 rings (SSSR count). The van der Waals surface area contributed by atoms with E-state index in [1.807, 2.05) is 42.8 Å². The Bertz CT molecular complexity index is 1150. The predicted molar refractivity (Wildman–Crippen MR) is 120 cm³/mol. The summed E-state index contributed by atoms with van der Waals surface area (Å²) in [6, 6.07) is 14.3. The van der Waals surface area contributed by atoms with E-state index in [4.69, 9.17) is 15.2 Å². The monoisotopic (exact) mass is 435 g/mol. The lowest BCUT2D eigenvalue weighted by molar-refractivity contribution is -0.119. The van der Waals surface area contributed by atoms with Gasteiger partial charge in [-0.3, -0.25) is 14.3 Å². The minimum atomic E-state index is -0.584. The van der Waals surface area contributed by atoms with Crippen LogP contribution in [0.5, 0.6) is 11.5 Å². The average molecular weight is 435 g/mol. The van der Waals surface area contributed by atoms with Crippen LogP contribution >= 0.6 is 0 Å². The first kappa shape index (κ1) is 22.5. The second-order valence-corrected chi connectivity index (χ2v) is 7.15. The zero-order valence-corrected chi connectivity index (χ0v) is 18.2. The summed E-state index contributed by atoms with van der Waals surface area (Å²) in [4.78, 5) is 23.4. The van der Waals surface area contributed by atoms with E-state index in [2.05, 4.69) is 15.6 Å². The van der Waals surface area contributed by atoms with E-state index in [0.29, 0.717) is 29.2 Å². The molecule has 3 aromatic rings. The topological polar surface area (TPSA) is 121 Å². The number of nitrogens with two attached hydrogens (primary N) is 1. The van der Waals surface area contributed by atoms with Crippen LogP contribution in [0.3, 0.4) is 0 Å². The Kier molecular flexibility index (Phi) is 7.22. The molecule has 0 aliphatic heterocycles. The molecule has 0 unspecified atom stereocenters. The molecule has 32 heavy (non-hydrogen) atoms. The van der Waals surface area contributed by atoms with Crippen molar-refractivity contribution in [2.24, 2.45) is 10.8 Å². The van der Waals surface area contributed by atoms with E-state index in [0.717, 1.165) is 17.0 Å². The van der Waals surface area contributed by atoms with Crippen LogP contribution in [0.2, 0.25) is 0 Å². The van der Waals surface area contributed by atoms with Gasteiger partial charge in [-0.05, 0) is 61.4 Å². The minimum Gasteiger partial charge on any atom is -0.493 e. The maximum atomic E-state index is 12.5. The van der Waals surface area contributed by atoms with Gasteiger partial charge in [0.25, 0.3) is 11.8 Å². The highest BCUT2D eigenvalue weighted by atomic mass is 16.5. The van der Waals surface area contributed by atoms with Gasteiger partial charge in [-0.1, -0.05) is 12.1 Å². The molecule has 2 amide bonds. The fourth-order valence-corrected chi connectivity index (χ4v) is 3.08. The number of rotatable bonds is 9. The van der Waals surface area contributed by atoms with Crippen LogP contribution in [0.1, 0.15) is 32.9 Å². The molecule has 0 spiro atoms. The number of hydrogen-bond donors (Lipinski definition) is 2. The normalized spacial score (nSPS) is 10.8. The first-order valence-corrected chi connectivity index (χ1v) is 9.88. The summed E-state index contributed by atoms with van der Waals surface area (Å²) >= 11 is 0. The standard InChI is InChI=1S/C23H25N5O4/c1-15-9-16(2)28(27-15)13-18-5-4-6-19(10-18)23(30)26-25-12-17-7-8-20(21(11-17)31-3)32-14-22(24)29/h4-12H,13-14H2,1-3H3,(H2,24,29)(H,26,30)/b25-12+. The number of nitrogens with zero attached hydrogens (tertiary/aromatic N) is 3. The summed E-state index contributed by atoms with van der Waals surface area (Å²) in [5.74, 6) is -0.116. The lowest BCUT2D eigenvalue weighted by Gasteiger charge is -2.09. The number of benzene rings is 2. The zero-order chi connectivity index (χ0) is 23.1. The number of hydrogen-bond acceptors (Lipinski definition) is 6. The molecule has 1 aromatic heterocycles. The van der Waals surface area contributed by atoms with Gasteiger partial charge < -0.3 is 15.2 Å². The van der Waals surface area contributed by atoms with Gasteiger partial charge in [0.1, 0.15) is 0 Å². The Labute approximate surface area is 185 Å². The predicted octanol–water partition coefficient (Wildman–Crippen LogP) is 2.18. The van der Waals surface area contributed by atoms with Crippen LogP contribution in [0, 0.1) is 13.8 Å². The minimum absolute atomic E-state index is 0.251. The van der Waals surface area contributed by atoms with Crippen LogP contribution in [0.25, 0.3) is 0 Å². The van der Waals surface area contributed by atoms with Crippen molar-refractivity contribution in [3.63, 3.8) is 0 Å². The molecule has 0 fully saturated rings. The number of carbonyl (C=O) groups excluding carboxylic acids is 2. The van der Waals surface area contributed by atoms with E-state index in [1.54, 1.807) is 24.3 Å². The quantitative estimate of drug-likeness (QED) is 0.394. The Balaban J connectivity index is 1.64. The van der Waals surface area contributed by atoms with Gasteiger partial charge in [-0.25, -0.2) is 5.43 Å². The number of aromatic nitrogens is 2. The molecule has 9 heteroatoms. The maximum Gasteiger partial charge on any atom is 0.271 e. The number of hydrazone groups is 1. The molecule has 0 saturated carbocycles. The number of ether oxygens (including phenoxy) is 2. The molecule has 0 atom stereocenters. The van der Waals surface area contributed by atoms with E-state index < -0.39 is 5.91 Å². The van der Waals surface area contributed by atoms with Gasteiger partial charge in [-0.2, -0.15) is 10.2 Å². The van der Waals surface area contributed by atoms with Crippen LogP contribution < -0.4 is 20.6 Å². The van der Waals surface area contributed by atoms with Crippen molar-refractivity contribution in [1.82, 2.24) is 15.2 Å². The Morgan fingerprint density at radius 2 is 1.97 bits per heavy atom. The number of nitrogens with one attached hydrogen (secondary N) is 1. The molecular formula is C23H25N5O4. The fraction of sp³-hybridized carbons (Fsp3) is 0.217. The van der Waals surface area contributed by atoms with Crippen molar-refractivity contribution in [3.05, 3.63) is 76.6 Å². The van der Waals surface area contributed by atoms with Crippen molar-refractivity contribution >= 4 is 18.0 Å². The molecule has 0 aliphatic rings. The summed E-state index contributed by atoms with van der Waals surface area (Å²) in [7, 11) is 1.48. The van der Waals surface area contributed by atoms with Gasteiger partial charge in [0, 0.05) is 11.3 Å². The number of amides is 2. The van der Waals surface area contributed by atoms with E-state index in [-0.39, 0.29) is 12.5 Å². The highest BCUT2D eigenvalue weighted by Gasteiger charge is 2.09. The SMILES string of the molecule is COc1cc(/C=N/NC(=O)c2cccc(Cn3nc(C)cc3C)c2)ccc1OCC(N)=O. The Morgan fingerprint density at radius 3 is 2.66 bits per heavy atom. The molecular weight excluding hydrogens is 410 g/mol. The zero-order valence-electron chi connectivity index (χ0n) is 18.2. The third-order valence-electron chi connectivity index (χ3n) is 4.56. The van der Waals surface area contributed by atoms with Crippen LogP contribution in [-0.4, -0.2) is 41.5 Å². The third-order valence-corrected chi connectivity index (χ3v) is 4.56. The molecule has 166 valence electrons. The lowest BCUT2D eigenvalue weighted by Crippen LogP contribution is -2.20. The molecule has 0 radical (unpaired) electrons. The van der Waals surface area contributed by atoms with Crippen LogP contribution in [-0.2, 0) is 11.3 Å². The number of primary amides is 1. The third kappa shape index (κ3) is 5.94. The van der Waals surface area contributed by atoms with Crippen LogP contribution in [0.4, 0.5) is 0 Å². The summed E-state index contributed by atoms with van der Waals surface area (Å²) in [6.45, 7) is 4.27. The van der Waals surface area contributed by atoms with Crippen molar-refractivity contribution in [2.45, 2.75) is 20.4 Å².